The topological polar surface area (TPSA) is 66.1 Å². The van der Waals surface area contributed by atoms with E-state index < -0.39 is 0 Å². The minimum atomic E-state index is 0.625. The van der Waals surface area contributed by atoms with Crippen LogP contribution in [0.5, 0.6) is 0 Å². The Balaban J connectivity index is 1.44. The fourth-order valence-corrected chi connectivity index (χ4v) is 4.01. The van der Waals surface area contributed by atoms with Crippen molar-refractivity contribution < 1.29 is 9.15 Å². The number of oxazole rings is 1. The van der Waals surface area contributed by atoms with Crippen LogP contribution in [-0.4, -0.2) is 73.7 Å². The maximum absolute atomic E-state index is 5.73. The zero-order valence-electron chi connectivity index (χ0n) is 18.0. The highest BCUT2D eigenvalue weighted by Gasteiger charge is 2.22. The van der Waals surface area contributed by atoms with Crippen molar-refractivity contribution in [2.75, 3.05) is 53.0 Å². The number of aromatic nitrogens is 1. The highest BCUT2D eigenvalue weighted by Crippen LogP contribution is 2.20. The maximum atomic E-state index is 5.73. The van der Waals surface area contributed by atoms with E-state index in [1.807, 2.05) is 13.8 Å². The Bertz CT molecular complexity index is 611. The molecule has 2 saturated heterocycles. The van der Waals surface area contributed by atoms with Crippen molar-refractivity contribution in [2.24, 2.45) is 16.8 Å². The molecule has 7 nitrogen and oxygen atoms in total. The molecule has 0 aromatic carbocycles. The van der Waals surface area contributed by atoms with E-state index in [1.54, 1.807) is 0 Å². The zero-order valence-corrected chi connectivity index (χ0v) is 18.0. The second kappa shape index (κ2) is 10.3. The molecule has 0 spiro atoms. The highest BCUT2D eigenvalue weighted by atomic mass is 16.5. The molecule has 1 aromatic heterocycles. The molecule has 7 heteroatoms. The summed E-state index contributed by atoms with van der Waals surface area (Å²) in [7, 11) is 2.14. The molecule has 1 atom stereocenters. The van der Waals surface area contributed by atoms with Gasteiger partial charge in [0.15, 0.2) is 5.96 Å². The third-order valence-corrected chi connectivity index (χ3v) is 5.89. The van der Waals surface area contributed by atoms with Crippen LogP contribution in [0.1, 0.15) is 43.5 Å². The number of piperidine rings is 1. The first-order chi connectivity index (χ1) is 13.5. The summed E-state index contributed by atoms with van der Waals surface area (Å²) in [4.78, 5) is 14.2. The molecular formula is C21H37N5O2. The summed E-state index contributed by atoms with van der Waals surface area (Å²) in [6.45, 7) is 13.7. The van der Waals surface area contributed by atoms with E-state index in [-0.39, 0.29) is 0 Å². The first kappa shape index (κ1) is 21.1. The summed E-state index contributed by atoms with van der Waals surface area (Å²) in [6, 6.07) is 0. The molecule has 158 valence electrons. The number of hydrogen-bond donors (Lipinski definition) is 1. The third kappa shape index (κ3) is 5.95. The van der Waals surface area contributed by atoms with E-state index in [0.29, 0.717) is 11.8 Å². The number of aliphatic imine (C=N–C) groups is 1. The number of nitrogens with zero attached hydrogens (tertiary/aromatic N) is 4. The van der Waals surface area contributed by atoms with Gasteiger partial charge >= 0.3 is 0 Å². The molecule has 1 unspecified atom stereocenters. The quantitative estimate of drug-likeness (QED) is 0.569. The first-order valence-corrected chi connectivity index (χ1v) is 10.8. The molecule has 0 amide bonds. The molecule has 0 aliphatic carbocycles. The molecule has 2 fully saturated rings. The lowest BCUT2D eigenvalue weighted by Crippen LogP contribution is -2.42. The number of likely N-dealkylation sites (tertiary alicyclic amines) is 1. The number of hydrogen-bond acceptors (Lipinski definition) is 5. The number of aryl methyl sites for hydroxylation is 2. The predicted octanol–water partition coefficient (Wildman–Crippen LogP) is 2.44. The summed E-state index contributed by atoms with van der Waals surface area (Å²) in [5.41, 5.74) is 1.00. The molecule has 3 heterocycles. The second-order valence-electron chi connectivity index (χ2n) is 8.27. The van der Waals surface area contributed by atoms with Gasteiger partial charge < -0.3 is 19.4 Å². The summed E-state index contributed by atoms with van der Waals surface area (Å²) >= 11 is 0. The van der Waals surface area contributed by atoms with Crippen molar-refractivity contribution in [2.45, 2.75) is 46.6 Å². The summed E-state index contributed by atoms with van der Waals surface area (Å²) < 4.78 is 11.2. The van der Waals surface area contributed by atoms with E-state index in [0.717, 1.165) is 82.2 Å². The first-order valence-electron chi connectivity index (χ1n) is 10.8. The van der Waals surface area contributed by atoms with Crippen LogP contribution < -0.4 is 5.32 Å². The van der Waals surface area contributed by atoms with Crippen molar-refractivity contribution >= 4 is 5.96 Å². The fourth-order valence-electron chi connectivity index (χ4n) is 4.01. The van der Waals surface area contributed by atoms with Crippen molar-refractivity contribution in [3.05, 3.63) is 17.3 Å². The smallest absolute Gasteiger partial charge is 0.208 e. The average Bonchev–Trinajstić information content (AvgIpc) is 3.29. The van der Waals surface area contributed by atoms with Crippen molar-refractivity contribution in [1.82, 2.24) is 20.1 Å². The van der Waals surface area contributed by atoms with E-state index in [4.69, 9.17) is 14.1 Å². The van der Waals surface area contributed by atoms with Gasteiger partial charge in [0, 0.05) is 39.2 Å². The van der Waals surface area contributed by atoms with Crippen LogP contribution in [-0.2, 0) is 11.3 Å². The van der Waals surface area contributed by atoms with Gasteiger partial charge in [0.2, 0.25) is 5.89 Å². The molecule has 0 bridgehead atoms. The monoisotopic (exact) mass is 391 g/mol. The van der Waals surface area contributed by atoms with Gasteiger partial charge in [-0.05, 0) is 59.0 Å². The van der Waals surface area contributed by atoms with Gasteiger partial charge in [-0.15, -0.1) is 0 Å². The maximum Gasteiger partial charge on any atom is 0.208 e. The summed E-state index contributed by atoms with van der Waals surface area (Å²) in [6.07, 6.45) is 3.52. The van der Waals surface area contributed by atoms with Crippen LogP contribution in [0.4, 0.5) is 0 Å². The van der Waals surface area contributed by atoms with Gasteiger partial charge in [0.25, 0.3) is 0 Å². The Kier molecular flexibility index (Phi) is 7.73. The minimum Gasteiger partial charge on any atom is -0.444 e. The van der Waals surface area contributed by atoms with E-state index in [9.17, 15) is 0 Å². The Morgan fingerprint density at radius 2 is 2.04 bits per heavy atom. The van der Waals surface area contributed by atoms with Gasteiger partial charge in [-0.3, -0.25) is 9.89 Å². The molecule has 2 aliphatic heterocycles. The highest BCUT2D eigenvalue weighted by molar-refractivity contribution is 5.79. The summed E-state index contributed by atoms with van der Waals surface area (Å²) in [5.74, 6) is 4.09. The van der Waals surface area contributed by atoms with Gasteiger partial charge in [-0.1, -0.05) is 0 Å². The Labute approximate surface area is 169 Å². The van der Waals surface area contributed by atoms with Crippen LogP contribution in [0.25, 0.3) is 0 Å². The number of rotatable bonds is 7. The summed E-state index contributed by atoms with van der Waals surface area (Å²) in [5, 5.41) is 3.45. The molecular weight excluding hydrogens is 354 g/mol. The van der Waals surface area contributed by atoms with Crippen LogP contribution in [0.2, 0.25) is 0 Å². The van der Waals surface area contributed by atoms with Crippen LogP contribution >= 0.6 is 0 Å². The predicted molar refractivity (Wildman–Crippen MR) is 112 cm³/mol. The number of guanidine groups is 1. The fraction of sp³-hybridized carbons (Fsp3) is 0.810. The lowest BCUT2D eigenvalue weighted by molar-refractivity contribution is 0.166. The van der Waals surface area contributed by atoms with Crippen molar-refractivity contribution in [3.8, 4) is 0 Å². The molecule has 1 N–H and O–H groups in total. The van der Waals surface area contributed by atoms with Crippen LogP contribution in [0.15, 0.2) is 9.41 Å². The lowest BCUT2D eigenvalue weighted by Gasteiger charge is -2.31. The van der Waals surface area contributed by atoms with E-state index >= 15 is 0 Å². The Morgan fingerprint density at radius 1 is 1.25 bits per heavy atom. The van der Waals surface area contributed by atoms with Crippen LogP contribution in [0.3, 0.4) is 0 Å². The van der Waals surface area contributed by atoms with Crippen molar-refractivity contribution in [1.29, 1.82) is 0 Å². The van der Waals surface area contributed by atoms with Crippen LogP contribution in [0, 0.1) is 25.7 Å². The van der Waals surface area contributed by atoms with Gasteiger partial charge in [-0.2, -0.15) is 0 Å². The second-order valence-corrected chi connectivity index (χ2v) is 8.27. The molecule has 0 saturated carbocycles. The SMILES string of the molecule is CCNC(=NCC1CCN(Cc2nc(C)c(C)o2)CC1)N(C)CC1CCOC1. The molecule has 28 heavy (non-hydrogen) atoms. The van der Waals surface area contributed by atoms with Gasteiger partial charge in [0.05, 0.1) is 18.8 Å². The molecule has 2 aliphatic rings. The number of nitrogens with one attached hydrogen (secondary N) is 1. The standard InChI is InChI=1S/C21H37N5O2/c1-5-22-21(25(4)13-19-8-11-27-15-19)23-12-18-6-9-26(10-7-18)14-20-24-16(2)17(3)28-20/h18-19H,5-15H2,1-4H3,(H,22,23). The Hall–Kier alpha value is -1.60. The number of ether oxygens (including phenoxy) is 1. The van der Waals surface area contributed by atoms with Gasteiger partial charge in [0.1, 0.15) is 5.76 Å². The lowest BCUT2D eigenvalue weighted by atomic mass is 9.97. The van der Waals surface area contributed by atoms with Gasteiger partial charge in [-0.25, -0.2) is 4.98 Å². The molecule has 1 aromatic rings. The average molecular weight is 392 g/mol. The zero-order chi connectivity index (χ0) is 19.9. The Morgan fingerprint density at radius 3 is 2.64 bits per heavy atom. The normalized spacial score (nSPS) is 22.0. The van der Waals surface area contributed by atoms with E-state index in [1.165, 1.54) is 12.8 Å². The largest absolute Gasteiger partial charge is 0.444 e. The molecule has 0 radical (unpaired) electrons. The van der Waals surface area contributed by atoms with Crippen molar-refractivity contribution in [3.63, 3.8) is 0 Å². The third-order valence-electron chi connectivity index (χ3n) is 5.89. The molecule has 3 rings (SSSR count). The van der Waals surface area contributed by atoms with E-state index in [2.05, 4.69) is 34.1 Å². The minimum absolute atomic E-state index is 0.625.